The molecule has 1 fully saturated rings. The quantitative estimate of drug-likeness (QED) is 0.368. The van der Waals surface area contributed by atoms with Gasteiger partial charge in [-0.15, -0.1) is 0 Å². The summed E-state index contributed by atoms with van der Waals surface area (Å²) in [5, 5.41) is 0. The summed E-state index contributed by atoms with van der Waals surface area (Å²) in [6.45, 7) is 4.61. The Kier molecular flexibility index (Phi) is 8.83. The van der Waals surface area contributed by atoms with Crippen molar-refractivity contribution in [2.24, 2.45) is 11.8 Å². The van der Waals surface area contributed by atoms with Crippen LogP contribution in [0.15, 0.2) is 0 Å². The average molecular weight is 238 g/mol. The van der Waals surface area contributed by atoms with Crippen LogP contribution in [0.3, 0.4) is 0 Å². The lowest BCUT2D eigenvalue weighted by atomic mass is 9.70. The lowest BCUT2D eigenvalue weighted by molar-refractivity contribution is 0.164. The second-order valence-corrected chi connectivity index (χ2v) is 6.26. The number of hydrogen-bond acceptors (Lipinski definition) is 0. The molecule has 0 saturated heterocycles. The molecule has 17 heavy (non-hydrogen) atoms. The molecule has 0 amide bonds. The van der Waals surface area contributed by atoms with Gasteiger partial charge in [0, 0.05) is 0 Å². The van der Waals surface area contributed by atoms with Gasteiger partial charge in [0.25, 0.3) is 0 Å². The fourth-order valence-electron chi connectivity index (χ4n) is 3.23. The molecule has 0 aromatic carbocycles. The Labute approximate surface area is 110 Å². The Bertz CT molecular complexity index is 155. The van der Waals surface area contributed by atoms with E-state index in [1.165, 1.54) is 70.6 Å². The Balaban J connectivity index is 1.77. The van der Waals surface area contributed by atoms with Crippen molar-refractivity contribution in [3.8, 4) is 0 Å². The van der Waals surface area contributed by atoms with E-state index in [1.807, 2.05) is 0 Å². The maximum Gasteiger partial charge on any atom is -0.0409 e. The molecule has 0 aromatic rings. The third-order valence-electron chi connectivity index (χ3n) is 4.52. The van der Waals surface area contributed by atoms with Crippen LogP contribution in [0, 0.1) is 11.8 Å². The zero-order valence-electron chi connectivity index (χ0n) is 12.3. The van der Waals surface area contributed by atoms with Crippen molar-refractivity contribution in [1.82, 2.24) is 0 Å². The predicted octanol–water partition coefficient (Wildman–Crippen LogP) is 6.34. The van der Waals surface area contributed by atoms with Gasteiger partial charge in [0.15, 0.2) is 0 Å². The summed E-state index contributed by atoms with van der Waals surface area (Å²) in [5.41, 5.74) is 0. The van der Waals surface area contributed by atoms with E-state index in [0.29, 0.717) is 0 Å². The topological polar surface area (TPSA) is 0 Å². The molecule has 1 rings (SSSR count). The molecule has 1 aliphatic carbocycles. The van der Waals surface area contributed by atoms with E-state index in [2.05, 4.69) is 13.8 Å². The van der Waals surface area contributed by atoms with E-state index in [1.54, 1.807) is 12.8 Å². The van der Waals surface area contributed by atoms with E-state index in [-0.39, 0.29) is 0 Å². The molecular formula is C17H34. The first kappa shape index (κ1) is 15.1. The standard InChI is InChI=1S/C17H34/c1-3-5-7-8-9-10-11-13-17-14-16(15-17)12-6-4-2/h16-17H,3-15H2,1-2H3. The molecule has 0 unspecified atom stereocenters. The molecule has 0 aromatic heterocycles. The van der Waals surface area contributed by atoms with Crippen molar-refractivity contribution in [2.75, 3.05) is 0 Å². The summed E-state index contributed by atoms with van der Waals surface area (Å²) in [5.74, 6) is 2.23. The second kappa shape index (κ2) is 9.97. The van der Waals surface area contributed by atoms with Crippen molar-refractivity contribution in [3.63, 3.8) is 0 Å². The lowest BCUT2D eigenvalue weighted by Gasteiger charge is -2.35. The van der Waals surface area contributed by atoms with Crippen molar-refractivity contribution in [3.05, 3.63) is 0 Å². The van der Waals surface area contributed by atoms with Crippen LogP contribution >= 0.6 is 0 Å². The van der Waals surface area contributed by atoms with Crippen LogP contribution in [0.25, 0.3) is 0 Å². The molecule has 0 aliphatic heterocycles. The van der Waals surface area contributed by atoms with E-state index in [0.717, 1.165) is 11.8 Å². The molecule has 0 nitrogen and oxygen atoms in total. The van der Waals surface area contributed by atoms with Crippen molar-refractivity contribution in [2.45, 2.75) is 97.3 Å². The first-order valence-electron chi connectivity index (χ1n) is 8.36. The Morgan fingerprint density at radius 1 is 0.588 bits per heavy atom. The van der Waals surface area contributed by atoms with Crippen molar-refractivity contribution >= 4 is 0 Å². The molecule has 0 N–H and O–H groups in total. The molecule has 0 atom stereocenters. The maximum absolute atomic E-state index is 2.31. The Morgan fingerprint density at radius 2 is 1.06 bits per heavy atom. The van der Waals surface area contributed by atoms with Crippen LogP contribution in [-0.4, -0.2) is 0 Å². The Morgan fingerprint density at radius 3 is 1.65 bits per heavy atom. The summed E-state index contributed by atoms with van der Waals surface area (Å²) >= 11 is 0. The minimum Gasteiger partial charge on any atom is -0.0654 e. The van der Waals surface area contributed by atoms with Gasteiger partial charge in [0.1, 0.15) is 0 Å². The highest BCUT2D eigenvalue weighted by atomic mass is 14.3. The maximum atomic E-state index is 2.31. The second-order valence-electron chi connectivity index (χ2n) is 6.26. The van der Waals surface area contributed by atoms with Gasteiger partial charge in [-0.05, 0) is 24.7 Å². The van der Waals surface area contributed by atoms with Gasteiger partial charge < -0.3 is 0 Å². The zero-order valence-corrected chi connectivity index (χ0v) is 12.3. The highest BCUT2D eigenvalue weighted by molar-refractivity contribution is 4.79. The smallest absolute Gasteiger partial charge is 0.0409 e. The first-order chi connectivity index (χ1) is 8.36. The fourth-order valence-corrected chi connectivity index (χ4v) is 3.23. The summed E-state index contributed by atoms with van der Waals surface area (Å²) < 4.78 is 0. The minimum atomic E-state index is 1.12. The lowest BCUT2D eigenvalue weighted by Crippen LogP contribution is -2.23. The third kappa shape index (κ3) is 7.11. The van der Waals surface area contributed by atoms with E-state index in [9.17, 15) is 0 Å². The van der Waals surface area contributed by atoms with E-state index in [4.69, 9.17) is 0 Å². The summed E-state index contributed by atoms with van der Waals surface area (Å²) in [6.07, 6.45) is 19.3. The highest BCUT2D eigenvalue weighted by Crippen LogP contribution is 2.40. The molecule has 102 valence electrons. The largest absolute Gasteiger partial charge is 0.0654 e. The monoisotopic (exact) mass is 238 g/mol. The Hall–Kier alpha value is 0. The third-order valence-corrected chi connectivity index (χ3v) is 4.52. The van der Waals surface area contributed by atoms with E-state index >= 15 is 0 Å². The van der Waals surface area contributed by atoms with Crippen molar-refractivity contribution in [1.29, 1.82) is 0 Å². The van der Waals surface area contributed by atoms with Gasteiger partial charge in [0.2, 0.25) is 0 Å². The normalized spacial score (nSPS) is 23.6. The van der Waals surface area contributed by atoms with Gasteiger partial charge >= 0.3 is 0 Å². The summed E-state index contributed by atoms with van der Waals surface area (Å²) in [7, 11) is 0. The highest BCUT2D eigenvalue weighted by Gasteiger charge is 2.27. The number of hydrogen-bond donors (Lipinski definition) is 0. The molecule has 0 heterocycles. The van der Waals surface area contributed by atoms with Gasteiger partial charge in [0.05, 0.1) is 0 Å². The number of rotatable bonds is 11. The number of unbranched alkanes of at least 4 members (excludes halogenated alkanes) is 7. The van der Waals surface area contributed by atoms with Gasteiger partial charge in [-0.3, -0.25) is 0 Å². The molecule has 0 bridgehead atoms. The zero-order chi connectivity index (χ0) is 12.3. The average Bonchev–Trinajstić information content (AvgIpc) is 2.29. The van der Waals surface area contributed by atoms with Gasteiger partial charge in [-0.1, -0.05) is 84.5 Å². The van der Waals surface area contributed by atoms with Gasteiger partial charge in [-0.2, -0.15) is 0 Å². The molecule has 0 heteroatoms. The van der Waals surface area contributed by atoms with Crippen LogP contribution in [0.2, 0.25) is 0 Å². The van der Waals surface area contributed by atoms with E-state index < -0.39 is 0 Å². The molecule has 0 spiro atoms. The predicted molar refractivity (Wildman–Crippen MR) is 78.3 cm³/mol. The van der Waals surface area contributed by atoms with Crippen molar-refractivity contribution < 1.29 is 0 Å². The summed E-state index contributed by atoms with van der Waals surface area (Å²) in [4.78, 5) is 0. The summed E-state index contributed by atoms with van der Waals surface area (Å²) in [6, 6.07) is 0. The molecular weight excluding hydrogens is 204 g/mol. The van der Waals surface area contributed by atoms with Crippen LogP contribution < -0.4 is 0 Å². The minimum absolute atomic E-state index is 1.12. The van der Waals surface area contributed by atoms with Crippen LogP contribution in [0.1, 0.15) is 97.3 Å². The fraction of sp³-hybridized carbons (Fsp3) is 1.00. The van der Waals surface area contributed by atoms with Gasteiger partial charge in [-0.25, -0.2) is 0 Å². The SMILES string of the molecule is CCCCCCCCCC1CC(CCCC)C1. The van der Waals surface area contributed by atoms with Crippen LogP contribution in [-0.2, 0) is 0 Å². The first-order valence-corrected chi connectivity index (χ1v) is 8.36. The molecule has 0 radical (unpaired) electrons. The molecule has 1 saturated carbocycles. The van der Waals surface area contributed by atoms with Crippen LogP contribution in [0.4, 0.5) is 0 Å². The molecule has 1 aliphatic rings. The van der Waals surface area contributed by atoms with Crippen LogP contribution in [0.5, 0.6) is 0 Å².